The van der Waals surface area contributed by atoms with Crippen molar-refractivity contribution in [2.24, 2.45) is 5.92 Å². The Bertz CT molecular complexity index is 1570. The molecule has 2 fully saturated rings. The summed E-state index contributed by atoms with van der Waals surface area (Å²) in [6.45, 7) is 1.09. The summed E-state index contributed by atoms with van der Waals surface area (Å²) in [5.41, 5.74) is 0.783. The van der Waals surface area contributed by atoms with E-state index in [1.54, 1.807) is 47.1 Å². The number of carbonyl (C=O) groups excluding carboxylic acids is 2. The molecule has 0 bridgehead atoms. The minimum atomic E-state index is -1.08. The number of aliphatic hydroxyl groups is 1. The summed E-state index contributed by atoms with van der Waals surface area (Å²) in [7, 11) is 0. The van der Waals surface area contributed by atoms with Crippen LogP contribution in [0.25, 0.3) is 16.7 Å². The molecule has 38 heavy (non-hydrogen) atoms. The van der Waals surface area contributed by atoms with Crippen LogP contribution in [-0.2, 0) is 11.3 Å². The van der Waals surface area contributed by atoms with Crippen LogP contribution in [0.3, 0.4) is 0 Å². The summed E-state index contributed by atoms with van der Waals surface area (Å²) >= 11 is 0. The Kier molecular flexibility index (Phi) is 6.03. The fourth-order valence-corrected chi connectivity index (χ4v) is 4.97. The molecule has 4 aromatic rings. The lowest BCUT2D eigenvalue weighted by Crippen LogP contribution is -2.50. The molecule has 2 aliphatic rings. The zero-order valence-electron chi connectivity index (χ0n) is 20.8. The Hall–Kier alpha value is -4.31. The Morgan fingerprint density at radius 2 is 1.82 bits per heavy atom. The van der Waals surface area contributed by atoms with Crippen molar-refractivity contribution in [2.45, 2.75) is 37.8 Å². The molecule has 3 heterocycles. The van der Waals surface area contributed by atoms with Gasteiger partial charge in [-0.05, 0) is 56.0 Å². The first-order valence-electron chi connectivity index (χ1n) is 12.8. The first-order valence-corrected chi connectivity index (χ1v) is 12.8. The molecule has 194 valence electrons. The Morgan fingerprint density at radius 1 is 1.05 bits per heavy atom. The van der Waals surface area contributed by atoms with Crippen molar-refractivity contribution in [1.82, 2.24) is 24.2 Å². The maximum atomic E-state index is 13.3. The number of piperidine rings is 1. The lowest BCUT2D eigenvalue weighted by atomic mass is 9.91. The van der Waals surface area contributed by atoms with E-state index in [1.165, 1.54) is 17.1 Å². The number of nitrogens with one attached hydrogen (secondary N) is 1. The van der Waals surface area contributed by atoms with Gasteiger partial charge in [0.15, 0.2) is 5.65 Å². The molecular formula is C28H28N6O4. The van der Waals surface area contributed by atoms with Gasteiger partial charge in [-0.1, -0.05) is 24.3 Å². The highest BCUT2D eigenvalue weighted by Crippen LogP contribution is 2.33. The van der Waals surface area contributed by atoms with E-state index >= 15 is 0 Å². The van der Waals surface area contributed by atoms with Crippen LogP contribution in [0.2, 0.25) is 0 Å². The first kappa shape index (κ1) is 24.1. The number of carbonyl (C=O) groups is 2. The summed E-state index contributed by atoms with van der Waals surface area (Å²) < 4.78 is 2.97. The number of likely N-dealkylation sites (tertiary alicyclic amines) is 1. The summed E-state index contributed by atoms with van der Waals surface area (Å²) in [6.07, 6.45) is 5.65. The largest absolute Gasteiger partial charge is 0.388 e. The van der Waals surface area contributed by atoms with Gasteiger partial charge in [0.05, 0.1) is 24.0 Å². The van der Waals surface area contributed by atoms with Crippen LogP contribution < -0.4 is 10.9 Å². The first-order chi connectivity index (χ1) is 18.4. The van der Waals surface area contributed by atoms with E-state index in [0.29, 0.717) is 53.9 Å². The number of hydrogen-bond acceptors (Lipinski definition) is 6. The second-order valence-electron chi connectivity index (χ2n) is 10.2. The molecule has 2 aromatic heterocycles. The number of anilines is 1. The van der Waals surface area contributed by atoms with Crippen molar-refractivity contribution in [3.05, 3.63) is 83.0 Å². The molecule has 1 aliphatic heterocycles. The van der Waals surface area contributed by atoms with Crippen LogP contribution in [0.1, 0.15) is 36.0 Å². The van der Waals surface area contributed by atoms with Crippen molar-refractivity contribution in [3.8, 4) is 5.69 Å². The number of fused-ring (bicyclic) bond motifs is 1. The van der Waals surface area contributed by atoms with Crippen LogP contribution in [0.15, 0.2) is 71.9 Å². The number of aromatic nitrogens is 4. The fraction of sp³-hybridized carbons (Fsp3) is 0.321. The summed E-state index contributed by atoms with van der Waals surface area (Å²) in [4.78, 5) is 44.5. The van der Waals surface area contributed by atoms with Gasteiger partial charge in [-0.15, -0.1) is 0 Å². The lowest BCUT2D eigenvalue weighted by Gasteiger charge is -2.38. The van der Waals surface area contributed by atoms with E-state index in [-0.39, 0.29) is 29.8 Å². The van der Waals surface area contributed by atoms with Crippen LogP contribution in [0.4, 0.5) is 5.69 Å². The van der Waals surface area contributed by atoms with Crippen molar-refractivity contribution in [1.29, 1.82) is 0 Å². The average Bonchev–Trinajstić information content (AvgIpc) is 3.69. The molecule has 10 nitrogen and oxygen atoms in total. The predicted octanol–water partition coefficient (Wildman–Crippen LogP) is 2.60. The summed E-state index contributed by atoms with van der Waals surface area (Å²) in [5, 5.41) is 18.8. The maximum Gasteiger partial charge on any atom is 0.264 e. The van der Waals surface area contributed by atoms with E-state index in [0.717, 1.165) is 12.8 Å². The van der Waals surface area contributed by atoms with E-state index in [1.807, 2.05) is 17.0 Å². The molecule has 0 unspecified atom stereocenters. The molecule has 0 radical (unpaired) electrons. The Morgan fingerprint density at radius 3 is 2.55 bits per heavy atom. The number of nitrogens with zero attached hydrogens (tertiary/aromatic N) is 5. The highest BCUT2D eigenvalue weighted by Gasteiger charge is 2.39. The molecule has 6 rings (SSSR count). The molecule has 10 heteroatoms. The van der Waals surface area contributed by atoms with E-state index < -0.39 is 5.60 Å². The molecule has 1 saturated carbocycles. The van der Waals surface area contributed by atoms with Crippen LogP contribution in [-0.4, -0.2) is 59.8 Å². The van der Waals surface area contributed by atoms with E-state index in [9.17, 15) is 19.5 Å². The third kappa shape index (κ3) is 4.70. The van der Waals surface area contributed by atoms with E-state index in [2.05, 4.69) is 15.4 Å². The number of rotatable bonds is 6. The Balaban J connectivity index is 1.20. The van der Waals surface area contributed by atoms with Crippen molar-refractivity contribution >= 4 is 28.5 Å². The van der Waals surface area contributed by atoms with Crippen molar-refractivity contribution < 1.29 is 14.7 Å². The molecule has 1 saturated heterocycles. The van der Waals surface area contributed by atoms with Gasteiger partial charge in [0.2, 0.25) is 5.91 Å². The normalized spacial score (nSPS) is 16.9. The highest BCUT2D eigenvalue weighted by molar-refractivity contribution is 6.04. The van der Waals surface area contributed by atoms with Gasteiger partial charge in [0.1, 0.15) is 11.7 Å². The summed E-state index contributed by atoms with van der Waals surface area (Å²) in [6, 6.07) is 16.1. The standard InChI is InChI=1S/C28H28N6O4/c35-25(19-5-2-1-3-6-19)31-21-7-4-8-22(15-21)34-24-23(16-30-34)27(37)33(18-29-24)17-28(38)11-13-32(14-12-28)26(36)20-9-10-20/h1-8,15-16,18,20,38H,9-14,17H2,(H,31,35). The molecule has 2 aromatic carbocycles. The van der Waals surface area contributed by atoms with Crippen LogP contribution in [0, 0.1) is 5.92 Å². The third-order valence-electron chi connectivity index (χ3n) is 7.34. The van der Waals surface area contributed by atoms with E-state index in [4.69, 9.17) is 0 Å². The number of benzene rings is 2. The third-order valence-corrected chi connectivity index (χ3v) is 7.34. The number of amides is 2. The van der Waals surface area contributed by atoms with Gasteiger partial charge in [0, 0.05) is 30.3 Å². The lowest BCUT2D eigenvalue weighted by molar-refractivity contribution is -0.137. The molecule has 0 atom stereocenters. The van der Waals surface area contributed by atoms with Gasteiger partial charge in [0.25, 0.3) is 11.5 Å². The van der Waals surface area contributed by atoms with Gasteiger partial charge >= 0.3 is 0 Å². The summed E-state index contributed by atoms with van der Waals surface area (Å²) in [5.74, 6) is 0.117. The topological polar surface area (TPSA) is 122 Å². The predicted molar refractivity (Wildman–Crippen MR) is 141 cm³/mol. The average molecular weight is 513 g/mol. The second-order valence-corrected chi connectivity index (χ2v) is 10.2. The SMILES string of the molecule is O=C(Nc1cccc(-n2ncc3c(=O)n(CC4(O)CCN(C(=O)C5CC5)CC4)cnc32)c1)c1ccccc1. The van der Waals surface area contributed by atoms with Crippen LogP contribution >= 0.6 is 0 Å². The molecule has 2 N–H and O–H groups in total. The zero-order valence-corrected chi connectivity index (χ0v) is 20.8. The minimum absolute atomic E-state index is 0.104. The maximum absolute atomic E-state index is 13.3. The van der Waals surface area contributed by atoms with Gasteiger partial charge < -0.3 is 15.3 Å². The van der Waals surface area contributed by atoms with Gasteiger partial charge in [-0.25, -0.2) is 9.67 Å². The Labute approximate surface area is 218 Å². The number of hydrogen-bond donors (Lipinski definition) is 2. The van der Waals surface area contributed by atoms with Gasteiger partial charge in [-0.2, -0.15) is 5.10 Å². The second kappa shape index (κ2) is 9.53. The monoisotopic (exact) mass is 512 g/mol. The highest BCUT2D eigenvalue weighted by atomic mass is 16.3. The van der Waals surface area contributed by atoms with Crippen molar-refractivity contribution in [3.63, 3.8) is 0 Å². The zero-order chi connectivity index (χ0) is 26.3. The van der Waals surface area contributed by atoms with Crippen LogP contribution in [0.5, 0.6) is 0 Å². The van der Waals surface area contributed by atoms with Crippen molar-refractivity contribution in [2.75, 3.05) is 18.4 Å². The quantitative estimate of drug-likeness (QED) is 0.410. The molecule has 2 amide bonds. The smallest absolute Gasteiger partial charge is 0.264 e. The van der Waals surface area contributed by atoms with Gasteiger partial charge in [-0.3, -0.25) is 19.0 Å². The fourth-order valence-electron chi connectivity index (χ4n) is 4.97. The minimum Gasteiger partial charge on any atom is -0.388 e. The molecule has 1 aliphatic carbocycles. The molecular weight excluding hydrogens is 484 g/mol. The molecule has 0 spiro atoms.